The highest BCUT2D eigenvalue weighted by atomic mass is 35.5. The first-order valence-corrected chi connectivity index (χ1v) is 14.3. The first-order chi connectivity index (χ1) is 18.8. The van der Waals surface area contributed by atoms with E-state index in [2.05, 4.69) is 20.3 Å². The lowest BCUT2D eigenvalue weighted by molar-refractivity contribution is 0.0954. The van der Waals surface area contributed by atoms with Gasteiger partial charge in [0.2, 0.25) is 10.0 Å². The van der Waals surface area contributed by atoms with Gasteiger partial charge in [-0.25, -0.2) is 22.5 Å². The van der Waals surface area contributed by atoms with Gasteiger partial charge in [-0.05, 0) is 78.4 Å². The Morgan fingerprint density at radius 1 is 1.03 bits per heavy atom. The number of benzene rings is 3. The van der Waals surface area contributed by atoms with Crippen LogP contribution in [0.5, 0.6) is 0 Å². The molecule has 0 saturated carbocycles. The number of fused-ring (bicyclic) bond motifs is 1. The maximum atomic E-state index is 13.9. The molecule has 1 atom stereocenters. The zero-order valence-electron chi connectivity index (χ0n) is 20.8. The van der Waals surface area contributed by atoms with E-state index >= 15 is 0 Å². The Hall–Kier alpha value is -3.79. The molecule has 0 bridgehead atoms. The topological polar surface area (TPSA) is 100 Å². The Balaban J connectivity index is 1.30. The van der Waals surface area contributed by atoms with Gasteiger partial charge in [0.05, 0.1) is 15.5 Å². The van der Waals surface area contributed by atoms with Crippen LogP contribution in [0.1, 0.15) is 39.5 Å². The molecule has 0 spiro atoms. The third kappa shape index (κ3) is 6.27. The van der Waals surface area contributed by atoms with Gasteiger partial charge in [-0.1, -0.05) is 48.0 Å². The molecule has 0 aliphatic heterocycles. The van der Waals surface area contributed by atoms with Crippen molar-refractivity contribution in [3.05, 3.63) is 118 Å². The summed E-state index contributed by atoms with van der Waals surface area (Å²) in [4.78, 5) is 17.1. The molecule has 200 valence electrons. The number of hydrogen-bond acceptors (Lipinski definition) is 5. The molecule has 1 aliphatic carbocycles. The van der Waals surface area contributed by atoms with Crippen molar-refractivity contribution in [3.8, 4) is 0 Å². The molecule has 1 heterocycles. The summed E-state index contributed by atoms with van der Waals surface area (Å²) in [6, 6.07) is 21.9. The van der Waals surface area contributed by atoms with Crippen LogP contribution in [0.25, 0.3) is 0 Å². The lowest BCUT2D eigenvalue weighted by atomic mass is 10.1. The Bertz CT molecular complexity index is 1620. The fourth-order valence-corrected chi connectivity index (χ4v) is 5.97. The summed E-state index contributed by atoms with van der Waals surface area (Å²) in [5, 5.41) is 6.00. The molecular formula is C29H26ClFN4O3S. The molecule has 39 heavy (non-hydrogen) atoms. The van der Waals surface area contributed by atoms with Gasteiger partial charge in [-0.2, -0.15) is 0 Å². The highest BCUT2D eigenvalue weighted by molar-refractivity contribution is 7.89. The van der Waals surface area contributed by atoms with E-state index in [1.54, 1.807) is 18.3 Å². The van der Waals surface area contributed by atoms with Crippen molar-refractivity contribution in [2.75, 3.05) is 11.9 Å². The number of sulfonamides is 1. The van der Waals surface area contributed by atoms with Crippen LogP contribution in [0, 0.1) is 5.82 Å². The number of carbonyl (C=O) groups is 1. The van der Waals surface area contributed by atoms with E-state index in [0.717, 1.165) is 22.8 Å². The van der Waals surface area contributed by atoms with Crippen LogP contribution in [0.15, 0.2) is 90.0 Å². The third-order valence-corrected chi connectivity index (χ3v) is 8.36. The van der Waals surface area contributed by atoms with E-state index < -0.39 is 21.9 Å². The Labute approximate surface area is 231 Å². The molecule has 0 saturated heterocycles. The van der Waals surface area contributed by atoms with Crippen molar-refractivity contribution in [1.82, 2.24) is 15.0 Å². The van der Waals surface area contributed by atoms with Gasteiger partial charge in [0.15, 0.2) is 0 Å². The number of hydrogen-bond donors (Lipinski definition) is 3. The second kappa shape index (κ2) is 11.5. The number of nitrogens with zero attached hydrogens (tertiary/aromatic N) is 1. The van der Waals surface area contributed by atoms with Crippen LogP contribution in [-0.4, -0.2) is 25.9 Å². The average Bonchev–Trinajstić information content (AvgIpc) is 3.32. The van der Waals surface area contributed by atoms with E-state index in [9.17, 15) is 17.6 Å². The normalized spacial score (nSPS) is 14.6. The van der Waals surface area contributed by atoms with Crippen molar-refractivity contribution in [3.63, 3.8) is 0 Å². The molecule has 7 nitrogen and oxygen atoms in total. The predicted octanol–water partition coefficient (Wildman–Crippen LogP) is 5.56. The van der Waals surface area contributed by atoms with Crippen LogP contribution in [-0.2, 0) is 22.9 Å². The summed E-state index contributed by atoms with van der Waals surface area (Å²) in [5.41, 5.74) is 4.01. The molecule has 1 aliphatic rings. The Morgan fingerprint density at radius 3 is 2.64 bits per heavy atom. The van der Waals surface area contributed by atoms with Crippen molar-refractivity contribution >= 4 is 39.0 Å². The highest BCUT2D eigenvalue weighted by Crippen LogP contribution is 2.35. The van der Waals surface area contributed by atoms with Gasteiger partial charge in [0, 0.05) is 24.5 Å². The smallest absolute Gasteiger partial charge is 0.255 e. The van der Waals surface area contributed by atoms with Gasteiger partial charge in [-0.3, -0.25) is 4.79 Å². The zero-order valence-corrected chi connectivity index (χ0v) is 22.4. The number of carbonyl (C=O) groups excluding carboxylic acids is 1. The first kappa shape index (κ1) is 26.8. The number of nitrogens with one attached hydrogen (secondary N) is 3. The molecule has 1 unspecified atom stereocenters. The number of pyridine rings is 1. The van der Waals surface area contributed by atoms with Crippen LogP contribution < -0.4 is 15.4 Å². The molecule has 1 aromatic heterocycles. The zero-order chi connectivity index (χ0) is 27.4. The standard InChI is InChI=1S/C29H26ClFN4O3S/c30-25-12-11-22(18-26(25)31)39(37,38)35-27-13-9-20-8-10-21(17-24(20)27)34-28-23(7-4-15-32-28)29(36)33-16-14-19-5-2-1-3-6-19/h1-8,10-12,15,17-18,27,35H,9,13-14,16H2,(H,32,34)(H,33,36). The largest absolute Gasteiger partial charge is 0.352 e. The first-order valence-electron chi connectivity index (χ1n) is 12.4. The minimum absolute atomic E-state index is 0.144. The predicted molar refractivity (Wildman–Crippen MR) is 149 cm³/mol. The summed E-state index contributed by atoms with van der Waals surface area (Å²) in [6.07, 6.45) is 3.56. The number of anilines is 2. The SMILES string of the molecule is O=C(NCCc1ccccc1)c1cccnc1Nc1ccc2c(c1)C(NS(=O)(=O)c1ccc(Cl)c(F)c1)CC2. The molecule has 4 aromatic rings. The Morgan fingerprint density at radius 2 is 1.85 bits per heavy atom. The summed E-state index contributed by atoms with van der Waals surface area (Å²) in [5.74, 6) is -0.655. The van der Waals surface area contributed by atoms with Crippen molar-refractivity contribution < 1.29 is 17.6 Å². The van der Waals surface area contributed by atoms with Gasteiger partial charge < -0.3 is 10.6 Å². The molecule has 0 radical (unpaired) electrons. The van der Waals surface area contributed by atoms with Gasteiger partial charge in [-0.15, -0.1) is 0 Å². The lowest BCUT2D eigenvalue weighted by Gasteiger charge is -2.17. The van der Waals surface area contributed by atoms with Crippen LogP contribution >= 0.6 is 11.6 Å². The quantitative estimate of drug-likeness (QED) is 0.247. The minimum atomic E-state index is -3.98. The van der Waals surface area contributed by atoms with Gasteiger partial charge >= 0.3 is 0 Å². The van der Waals surface area contributed by atoms with E-state index in [0.29, 0.717) is 42.9 Å². The second-order valence-electron chi connectivity index (χ2n) is 9.22. The van der Waals surface area contributed by atoms with Crippen molar-refractivity contribution in [1.29, 1.82) is 0 Å². The molecular weight excluding hydrogens is 539 g/mol. The molecule has 1 amide bonds. The second-order valence-corrected chi connectivity index (χ2v) is 11.3. The van der Waals surface area contributed by atoms with E-state index in [1.807, 2.05) is 48.5 Å². The number of aryl methyl sites for hydroxylation is 1. The van der Waals surface area contributed by atoms with E-state index in [4.69, 9.17) is 11.6 Å². The molecule has 3 N–H and O–H groups in total. The number of rotatable bonds is 9. The van der Waals surface area contributed by atoms with Crippen LogP contribution in [0.2, 0.25) is 5.02 Å². The maximum Gasteiger partial charge on any atom is 0.255 e. The third-order valence-electron chi connectivity index (χ3n) is 6.58. The lowest BCUT2D eigenvalue weighted by Crippen LogP contribution is -2.27. The average molecular weight is 565 g/mol. The maximum absolute atomic E-state index is 13.9. The van der Waals surface area contributed by atoms with E-state index in [1.165, 1.54) is 12.1 Å². The van der Waals surface area contributed by atoms with Crippen molar-refractivity contribution in [2.24, 2.45) is 0 Å². The van der Waals surface area contributed by atoms with Crippen LogP contribution in [0.4, 0.5) is 15.9 Å². The summed E-state index contributed by atoms with van der Waals surface area (Å²) < 4.78 is 42.5. The molecule has 3 aromatic carbocycles. The Kier molecular flexibility index (Phi) is 7.92. The van der Waals surface area contributed by atoms with Gasteiger partial charge in [0.25, 0.3) is 5.91 Å². The fourth-order valence-electron chi connectivity index (χ4n) is 4.59. The van der Waals surface area contributed by atoms with E-state index in [-0.39, 0.29) is 15.8 Å². The molecule has 10 heteroatoms. The monoisotopic (exact) mass is 564 g/mol. The number of aromatic nitrogens is 1. The highest BCUT2D eigenvalue weighted by Gasteiger charge is 2.28. The number of halogens is 2. The fraction of sp³-hybridized carbons (Fsp3) is 0.172. The van der Waals surface area contributed by atoms with Crippen molar-refractivity contribution in [2.45, 2.75) is 30.2 Å². The van der Waals surface area contributed by atoms with Crippen LogP contribution in [0.3, 0.4) is 0 Å². The summed E-state index contributed by atoms with van der Waals surface area (Å²) >= 11 is 5.71. The molecule has 5 rings (SSSR count). The number of amides is 1. The summed E-state index contributed by atoms with van der Waals surface area (Å²) in [6.45, 7) is 0.482. The molecule has 0 fully saturated rings. The minimum Gasteiger partial charge on any atom is -0.352 e. The van der Waals surface area contributed by atoms with Gasteiger partial charge in [0.1, 0.15) is 11.6 Å². The summed E-state index contributed by atoms with van der Waals surface area (Å²) in [7, 11) is -3.98.